The third-order valence-corrected chi connectivity index (χ3v) is 4.79. The van der Waals surface area contributed by atoms with Gasteiger partial charge in [-0.15, -0.1) is 0 Å². The molecule has 16 heavy (non-hydrogen) atoms. The number of hydrogen-bond acceptors (Lipinski definition) is 4. The lowest BCUT2D eigenvalue weighted by Crippen LogP contribution is -2.44. The molecule has 2 saturated heterocycles. The Balaban J connectivity index is 1.86. The van der Waals surface area contributed by atoms with Crippen molar-refractivity contribution in [2.75, 3.05) is 18.9 Å². The highest BCUT2D eigenvalue weighted by molar-refractivity contribution is 7.89. The lowest BCUT2D eigenvalue weighted by Gasteiger charge is -2.18. The topological polar surface area (TPSA) is 67.4 Å². The number of sulfonamides is 1. The Kier molecular flexibility index (Phi) is 3.84. The zero-order valence-electron chi connectivity index (χ0n) is 9.61. The SMILES string of the molecule is CC1OCCC1NS(=O)(=O)CC1CCCN1. The maximum atomic E-state index is 11.9. The molecular weight excluding hydrogens is 228 g/mol. The third-order valence-electron chi connectivity index (χ3n) is 3.29. The Hall–Kier alpha value is -0.170. The van der Waals surface area contributed by atoms with Crippen molar-refractivity contribution < 1.29 is 13.2 Å². The van der Waals surface area contributed by atoms with Crippen LogP contribution < -0.4 is 10.0 Å². The maximum absolute atomic E-state index is 11.9. The van der Waals surface area contributed by atoms with Crippen LogP contribution in [0.4, 0.5) is 0 Å². The standard InChI is InChI=1S/C10H20N2O3S/c1-8-10(4-6-15-8)12-16(13,14)7-9-3-2-5-11-9/h8-12H,2-7H2,1H3. The van der Waals surface area contributed by atoms with Crippen molar-refractivity contribution in [3.05, 3.63) is 0 Å². The summed E-state index contributed by atoms with van der Waals surface area (Å²) >= 11 is 0. The van der Waals surface area contributed by atoms with Crippen LogP contribution in [0.5, 0.6) is 0 Å². The largest absolute Gasteiger partial charge is 0.377 e. The van der Waals surface area contributed by atoms with Crippen LogP contribution in [-0.2, 0) is 14.8 Å². The van der Waals surface area contributed by atoms with E-state index in [1.54, 1.807) is 0 Å². The molecule has 3 atom stereocenters. The molecule has 3 unspecified atom stereocenters. The van der Waals surface area contributed by atoms with Crippen LogP contribution in [0.1, 0.15) is 26.2 Å². The summed E-state index contributed by atoms with van der Waals surface area (Å²) in [7, 11) is -3.17. The second-order valence-electron chi connectivity index (χ2n) is 4.66. The average molecular weight is 248 g/mol. The summed E-state index contributed by atoms with van der Waals surface area (Å²) in [5, 5.41) is 3.20. The Bertz CT molecular complexity index is 325. The van der Waals surface area contributed by atoms with Crippen LogP contribution in [0.3, 0.4) is 0 Å². The van der Waals surface area contributed by atoms with E-state index in [9.17, 15) is 8.42 Å². The third kappa shape index (κ3) is 3.16. The first-order valence-electron chi connectivity index (χ1n) is 5.92. The van der Waals surface area contributed by atoms with Crippen molar-refractivity contribution in [1.29, 1.82) is 0 Å². The van der Waals surface area contributed by atoms with Crippen LogP contribution in [-0.4, -0.2) is 45.5 Å². The second kappa shape index (κ2) is 5.00. The van der Waals surface area contributed by atoms with Crippen LogP contribution in [0.2, 0.25) is 0 Å². The molecule has 2 N–H and O–H groups in total. The molecule has 0 bridgehead atoms. The predicted octanol–water partition coefficient (Wildman–Crippen LogP) is -0.165. The van der Waals surface area contributed by atoms with Crippen LogP contribution >= 0.6 is 0 Å². The number of nitrogens with one attached hydrogen (secondary N) is 2. The van der Waals surface area contributed by atoms with Gasteiger partial charge in [-0.1, -0.05) is 0 Å². The van der Waals surface area contributed by atoms with Crippen molar-refractivity contribution in [3.63, 3.8) is 0 Å². The van der Waals surface area contributed by atoms with E-state index < -0.39 is 10.0 Å². The van der Waals surface area contributed by atoms with E-state index in [1.807, 2.05) is 6.92 Å². The molecule has 2 aliphatic heterocycles. The Labute approximate surface area is 97.0 Å². The normalized spacial score (nSPS) is 35.7. The van der Waals surface area contributed by atoms with E-state index in [0.29, 0.717) is 6.61 Å². The van der Waals surface area contributed by atoms with Gasteiger partial charge >= 0.3 is 0 Å². The van der Waals surface area contributed by atoms with Gasteiger partial charge in [0, 0.05) is 18.7 Å². The monoisotopic (exact) mass is 248 g/mol. The van der Waals surface area contributed by atoms with Crippen molar-refractivity contribution in [3.8, 4) is 0 Å². The summed E-state index contributed by atoms with van der Waals surface area (Å²) in [5.41, 5.74) is 0. The number of hydrogen-bond donors (Lipinski definition) is 2. The highest BCUT2D eigenvalue weighted by Gasteiger charge is 2.30. The molecule has 94 valence electrons. The Morgan fingerprint density at radius 3 is 2.81 bits per heavy atom. The van der Waals surface area contributed by atoms with Crippen molar-refractivity contribution >= 4 is 10.0 Å². The molecule has 0 radical (unpaired) electrons. The summed E-state index contributed by atoms with van der Waals surface area (Å²) in [6, 6.07) is 0.0709. The van der Waals surface area contributed by atoms with Gasteiger partial charge in [0.05, 0.1) is 11.9 Å². The summed E-state index contributed by atoms with van der Waals surface area (Å²) < 4.78 is 31.8. The van der Waals surface area contributed by atoms with Gasteiger partial charge in [0.2, 0.25) is 10.0 Å². The average Bonchev–Trinajstić information content (AvgIpc) is 2.78. The lowest BCUT2D eigenvalue weighted by atomic mass is 10.2. The number of rotatable bonds is 4. The molecule has 0 aromatic heterocycles. The van der Waals surface area contributed by atoms with Crippen LogP contribution in [0.15, 0.2) is 0 Å². The van der Waals surface area contributed by atoms with Gasteiger partial charge < -0.3 is 10.1 Å². The molecule has 0 saturated carbocycles. The molecule has 0 amide bonds. The minimum absolute atomic E-state index is 0.00804. The minimum atomic E-state index is -3.17. The fraction of sp³-hybridized carbons (Fsp3) is 1.00. The summed E-state index contributed by atoms with van der Waals surface area (Å²) in [5.74, 6) is 0.191. The smallest absolute Gasteiger partial charge is 0.213 e. The fourth-order valence-corrected chi connectivity index (χ4v) is 4.01. The van der Waals surface area contributed by atoms with Gasteiger partial charge in [0.25, 0.3) is 0 Å². The minimum Gasteiger partial charge on any atom is -0.377 e. The van der Waals surface area contributed by atoms with E-state index >= 15 is 0 Å². The summed E-state index contributed by atoms with van der Waals surface area (Å²) in [4.78, 5) is 0. The molecule has 6 heteroatoms. The van der Waals surface area contributed by atoms with E-state index in [1.165, 1.54) is 0 Å². The van der Waals surface area contributed by atoms with E-state index in [0.717, 1.165) is 25.8 Å². The highest BCUT2D eigenvalue weighted by Crippen LogP contribution is 2.14. The molecule has 0 aliphatic carbocycles. The van der Waals surface area contributed by atoms with Gasteiger partial charge in [-0.3, -0.25) is 0 Å². The van der Waals surface area contributed by atoms with Gasteiger partial charge in [-0.2, -0.15) is 0 Å². The molecule has 0 aromatic carbocycles. The number of ether oxygens (including phenoxy) is 1. The zero-order valence-corrected chi connectivity index (χ0v) is 10.4. The first-order chi connectivity index (χ1) is 7.57. The quantitative estimate of drug-likeness (QED) is 0.725. The van der Waals surface area contributed by atoms with Crippen LogP contribution in [0.25, 0.3) is 0 Å². The molecule has 2 aliphatic rings. The summed E-state index contributed by atoms with van der Waals surface area (Å²) in [6.07, 6.45) is 2.80. The van der Waals surface area contributed by atoms with Gasteiger partial charge in [0.15, 0.2) is 0 Å². The maximum Gasteiger partial charge on any atom is 0.213 e. The predicted molar refractivity (Wildman–Crippen MR) is 61.8 cm³/mol. The molecule has 0 spiro atoms. The lowest BCUT2D eigenvalue weighted by molar-refractivity contribution is 0.117. The molecule has 2 rings (SSSR count). The molecular formula is C10H20N2O3S. The van der Waals surface area contributed by atoms with Crippen molar-refractivity contribution in [2.24, 2.45) is 0 Å². The Morgan fingerprint density at radius 1 is 1.44 bits per heavy atom. The highest BCUT2D eigenvalue weighted by atomic mass is 32.2. The van der Waals surface area contributed by atoms with Gasteiger partial charge in [0.1, 0.15) is 0 Å². The Morgan fingerprint density at radius 2 is 2.25 bits per heavy atom. The van der Waals surface area contributed by atoms with E-state index in [-0.39, 0.29) is 23.9 Å². The summed E-state index contributed by atoms with van der Waals surface area (Å²) in [6.45, 7) is 3.49. The fourth-order valence-electron chi connectivity index (χ4n) is 2.33. The van der Waals surface area contributed by atoms with E-state index in [2.05, 4.69) is 10.0 Å². The molecule has 2 fully saturated rings. The first-order valence-corrected chi connectivity index (χ1v) is 7.57. The molecule has 2 heterocycles. The van der Waals surface area contributed by atoms with E-state index in [4.69, 9.17) is 4.74 Å². The molecule has 0 aromatic rings. The molecule has 5 nitrogen and oxygen atoms in total. The van der Waals surface area contributed by atoms with Gasteiger partial charge in [-0.05, 0) is 32.7 Å². The first kappa shape index (κ1) is 12.3. The zero-order chi connectivity index (χ0) is 11.6. The van der Waals surface area contributed by atoms with Crippen LogP contribution in [0, 0.1) is 0 Å². The van der Waals surface area contributed by atoms with Crippen molar-refractivity contribution in [2.45, 2.75) is 44.4 Å². The van der Waals surface area contributed by atoms with Crippen molar-refractivity contribution in [1.82, 2.24) is 10.0 Å². The second-order valence-corrected chi connectivity index (χ2v) is 6.46. The van der Waals surface area contributed by atoms with Gasteiger partial charge in [-0.25, -0.2) is 13.1 Å².